The van der Waals surface area contributed by atoms with Gasteiger partial charge in [0, 0.05) is 22.2 Å². The lowest BCUT2D eigenvalue weighted by Crippen LogP contribution is -2.07. The van der Waals surface area contributed by atoms with E-state index in [2.05, 4.69) is 44.8 Å². The molecule has 1 N–H and O–H groups in total. The summed E-state index contributed by atoms with van der Waals surface area (Å²) in [5.41, 5.74) is 1.84. The number of nitrogens with one attached hydrogen (secondary N) is 1. The van der Waals surface area contributed by atoms with Crippen LogP contribution in [0.5, 0.6) is 0 Å². The van der Waals surface area contributed by atoms with Crippen LogP contribution in [0.4, 0.5) is 5.82 Å². The van der Waals surface area contributed by atoms with Gasteiger partial charge in [-0.1, -0.05) is 30.1 Å². The molecule has 0 saturated heterocycles. The summed E-state index contributed by atoms with van der Waals surface area (Å²) in [6.07, 6.45) is 0.848. The number of aryl methyl sites for hydroxylation is 1. The fourth-order valence-electron chi connectivity index (χ4n) is 1.82. The van der Waals surface area contributed by atoms with Gasteiger partial charge in [0.2, 0.25) is 0 Å². The maximum absolute atomic E-state index is 6.05. The van der Waals surface area contributed by atoms with Gasteiger partial charge < -0.3 is 5.32 Å². The molecule has 0 atom stereocenters. The minimum absolute atomic E-state index is 0.581. The van der Waals surface area contributed by atoms with Crippen LogP contribution in [0.1, 0.15) is 19.5 Å². The molecule has 0 aliphatic heterocycles. The maximum Gasteiger partial charge on any atom is 0.161 e. The van der Waals surface area contributed by atoms with Gasteiger partial charge in [-0.25, -0.2) is 9.97 Å². The van der Waals surface area contributed by atoms with Crippen LogP contribution in [0.3, 0.4) is 0 Å². The normalized spacial score (nSPS) is 10.7. The highest BCUT2D eigenvalue weighted by atomic mass is 127. The quantitative estimate of drug-likeness (QED) is 0.702. The van der Waals surface area contributed by atoms with Crippen LogP contribution in [0, 0.1) is 3.57 Å². The van der Waals surface area contributed by atoms with E-state index in [-0.39, 0.29) is 0 Å². The zero-order valence-electron chi connectivity index (χ0n) is 11.2. The van der Waals surface area contributed by atoms with E-state index >= 15 is 0 Å². The number of anilines is 1. The number of hydrogen-bond donors (Lipinski definition) is 1. The second-order valence-corrected chi connectivity index (χ2v) is 6.15. The van der Waals surface area contributed by atoms with Crippen LogP contribution in [0.25, 0.3) is 11.4 Å². The third-order valence-corrected chi connectivity index (χ3v) is 4.29. The third-order valence-electron chi connectivity index (χ3n) is 2.72. The summed E-state index contributed by atoms with van der Waals surface area (Å²) >= 11 is 14.4. The Bertz CT molecular complexity index is 612. The summed E-state index contributed by atoms with van der Waals surface area (Å²) in [5.74, 6) is 1.49. The van der Waals surface area contributed by atoms with Gasteiger partial charge in [-0.2, -0.15) is 0 Å². The van der Waals surface area contributed by atoms with Crippen molar-refractivity contribution < 1.29 is 0 Å². The van der Waals surface area contributed by atoms with E-state index in [1.54, 1.807) is 6.07 Å². The molecule has 6 heteroatoms. The standard InChI is InChI=1S/C14H14Cl2IN3/c1-3-11-12(17)14(18-4-2)20-13(19-11)8-5-9(15)7-10(16)6-8/h5-7H,3-4H2,1-2H3,(H,18,19,20). The molecule has 3 nitrogen and oxygen atoms in total. The van der Waals surface area contributed by atoms with Crippen LogP contribution in [0.15, 0.2) is 18.2 Å². The number of benzene rings is 1. The Morgan fingerprint density at radius 1 is 1.10 bits per heavy atom. The fraction of sp³-hybridized carbons (Fsp3) is 0.286. The first-order valence-electron chi connectivity index (χ1n) is 6.31. The average molecular weight is 422 g/mol. The smallest absolute Gasteiger partial charge is 0.161 e. The molecule has 106 valence electrons. The molecule has 1 heterocycles. The van der Waals surface area contributed by atoms with Gasteiger partial charge in [-0.3, -0.25) is 0 Å². The molecule has 0 saturated carbocycles. The lowest BCUT2D eigenvalue weighted by atomic mass is 10.2. The summed E-state index contributed by atoms with van der Waals surface area (Å²) in [6, 6.07) is 5.35. The first kappa shape index (κ1) is 15.8. The van der Waals surface area contributed by atoms with Gasteiger partial charge in [-0.05, 0) is 54.1 Å². The van der Waals surface area contributed by atoms with Crippen molar-refractivity contribution in [1.29, 1.82) is 0 Å². The molecule has 1 aromatic heterocycles. The second kappa shape index (κ2) is 6.91. The predicted octanol–water partition coefficient (Wildman–Crippen LogP) is 5.05. The summed E-state index contributed by atoms with van der Waals surface area (Å²) in [5, 5.41) is 4.43. The van der Waals surface area contributed by atoms with Crippen molar-refractivity contribution in [3.63, 3.8) is 0 Å². The molecule has 0 unspecified atom stereocenters. The minimum atomic E-state index is 0.581. The lowest BCUT2D eigenvalue weighted by Gasteiger charge is -2.11. The van der Waals surface area contributed by atoms with Crippen molar-refractivity contribution in [3.8, 4) is 11.4 Å². The second-order valence-electron chi connectivity index (χ2n) is 4.20. The van der Waals surface area contributed by atoms with Crippen molar-refractivity contribution in [2.24, 2.45) is 0 Å². The first-order valence-corrected chi connectivity index (χ1v) is 8.15. The zero-order chi connectivity index (χ0) is 14.7. The van der Waals surface area contributed by atoms with Gasteiger partial charge in [0.25, 0.3) is 0 Å². The summed E-state index contributed by atoms with van der Waals surface area (Å²) in [6.45, 7) is 4.93. The molecule has 2 rings (SSSR count). The van der Waals surface area contributed by atoms with E-state index in [1.165, 1.54) is 0 Å². The summed E-state index contributed by atoms with van der Waals surface area (Å²) in [4.78, 5) is 9.19. The van der Waals surface area contributed by atoms with Gasteiger partial charge in [0.1, 0.15) is 5.82 Å². The fourth-order valence-corrected chi connectivity index (χ4v) is 3.16. The molecule has 2 aromatic rings. The van der Waals surface area contributed by atoms with Crippen LogP contribution in [0.2, 0.25) is 10.0 Å². The van der Waals surface area contributed by atoms with Gasteiger partial charge >= 0.3 is 0 Å². The van der Waals surface area contributed by atoms with Crippen molar-refractivity contribution >= 4 is 51.6 Å². The number of aromatic nitrogens is 2. The Balaban J connectivity index is 2.58. The summed E-state index contributed by atoms with van der Waals surface area (Å²) < 4.78 is 1.06. The zero-order valence-corrected chi connectivity index (χ0v) is 14.8. The first-order chi connectivity index (χ1) is 9.55. The third kappa shape index (κ3) is 3.54. The van der Waals surface area contributed by atoms with E-state index in [0.29, 0.717) is 15.9 Å². The monoisotopic (exact) mass is 421 g/mol. The summed E-state index contributed by atoms with van der Waals surface area (Å²) in [7, 11) is 0. The number of hydrogen-bond acceptors (Lipinski definition) is 3. The molecule has 0 fully saturated rings. The lowest BCUT2D eigenvalue weighted by molar-refractivity contribution is 0.982. The van der Waals surface area contributed by atoms with Gasteiger partial charge in [-0.15, -0.1) is 0 Å². The topological polar surface area (TPSA) is 37.8 Å². The molecular weight excluding hydrogens is 408 g/mol. The molecular formula is C14H14Cl2IN3. The largest absolute Gasteiger partial charge is 0.369 e. The van der Waals surface area contributed by atoms with Crippen molar-refractivity contribution in [3.05, 3.63) is 37.5 Å². The SMILES string of the molecule is CCNc1nc(-c2cc(Cl)cc(Cl)c2)nc(CC)c1I. The molecule has 1 aromatic carbocycles. The van der Waals surface area contributed by atoms with Crippen LogP contribution in [-0.2, 0) is 6.42 Å². The molecule has 0 aliphatic rings. The van der Waals surface area contributed by atoms with Crippen molar-refractivity contribution in [2.75, 3.05) is 11.9 Å². The Hall–Kier alpha value is -0.590. The van der Waals surface area contributed by atoms with Crippen molar-refractivity contribution in [1.82, 2.24) is 9.97 Å². The Morgan fingerprint density at radius 2 is 1.75 bits per heavy atom. The van der Waals surface area contributed by atoms with Crippen LogP contribution < -0.4 is 5.32 Å². The highest BCUT2D eigenvalue weighted by Gasteiger charge is 2.12. The molecule has 0 amide bonds. The van der Waals surface area contributed by atoms with Gasteiger partial charge in [0.05, 0.1) is 9.26 Å². The predicted molar refractivity (Wildman–Crippen MR) is 93.7 cm³/mol. The molecule has 20 heavy (non-hydrogen) atoms. The van der Waals surface area contributed by atoms with Crippen molar-refractivity contribution in [2.45, 2.75) is 20.3 Å². The van der Waals surface area contributed by atoms with Gasteiger partial charge in [0.15, 0.2) is 5.82 Å². The number of nitrogens with zero attached hydrogens (tertiary/aromatic N) is 2. The average Bonchev–Trinajstić information content (AvgIpc) is 2.40. The number of halogens is 3. The highest BCUT2D eigenvalue weighted by Crippen LogP contribution is 2.28. The van der Waals surface area contributed by atoms with E-state index in [9.17, 15) is 0 Å². The van der Waals surface area contributed by atoms with Crippen LogP contribution >= 0.6 is 45.8 Å². The Kier molecular flexibility index (Phi) is 5.46. The van der Waals surface area contributed by atoms with E-state index in [0.717, 1.165) is 33.6 Å². The van der Waals surface area contributed by atoms with E-state index in [1.807, 2.05) is 19.1 Å². The van der Waals surface area contributed by atoms with E-state index < -0.39 is 0 Å². The molecule has 0 spiro atoms. The molecule has 0 bridgehead atoms. The number of rotatable bonds is 4. The molecule has 0 radical (unpaired) electrons. The Morgan fingerprint density at radius 3 is 2.30 bits per heavy atom. The van der Waals surface area contributed by atoms with Crippen LogP contribution in [-0.4, -0.2) is 16.5 Å². The minimum Gasteiger partial charge on any atom is -0.369 e. The Labute approximate surface area is 142 Å². The van der Waals surface area contributed by atoms with E-state index in [4.69, 9.17) is 23.2 Å². The molecule has 0 aliphatic carbocycles. The highest BCUT2D eigenvalue weighted by molar-refractivity contribution is 14.1. The maximum atomic E-state index is 6.05.